The number of nitrogens with one attached hydrogen (secondary N) is 1. The van der Waals surface area contributed by atoms with Crippen molar-refractivity contribution in [1.29, 1.82) is 0 Å². The summed E-state index contributed by atoms with van der Waals surface area (Å²) in [5.74, 6) is 0.569. The lowest BCUT2D eigenvalue weighted by molar-refractivity contribution is -0.123. The van der Waals surface area contributed by atoms with Crippen LogP contribution in [0, 0.1) is 5.82 Å². The summed E-state index contributed by atoms with van der Waals surface area (Å²) in [5.41, 5.74) is 2.96. The molecule has 8 heteroatoms. The molecule has 1 N–H and O–H groups in total. The van der Waals surface area contributed by atoms with Crippen LogP contribution in [-0.4, -0.2) is 25.5 Å². The maximum absolute atomic E-state index is 12.7. The number of halogens is 2. The number of carbonyl (C=O) groups excluding carboxylic acids is 1. The van der Waals surface area contributed by atoms with Crippen LogP contribution in [0.3, 0.4) is 0 Å². The second-order valence-corrected chi connectivity index (χ2v) is 5.18. The predicted molar refractivity (Wildman–Crippen MR) is 85.2 cm³/mol. The van der Waals surface area contributed by atoms with Crippen LogP contribution in [0.25, 0.3) is 0 Å². The highest BCUT2D eigenvalue weighted by Gasteiger charge is 2.17. The van der Waals surface area contributed by atoms with Crippen molar-refractivity contribution >= 4 is 23.7 Å². The Kier molecular flexibility index (Phi) is 4.81. The lowest BCUT2D eigenvalue weighted by Gasteiger charge is -2.04. The molecule has 0 saturated heterocycles. The predicted octanol–water partition coefficient (Wildman–Crippen LogP) is 2.74. The molecule has 0 atom stereocenters. The molecule has 24 heavy (non-hydrogen) atoms. The van der Waals surface area contributed by atoms with Gasteiger partial charge < -0.3 is 14.2 Å². The van der Waals surface area contributed by atoms with Crippen molar-refractivity contribution in [2.24, 2.45) is 5.10 Å². The van der Waals surface area contributed by atoms with Crippen molar-refractivity contribution in [2.75, 3.05) is 13.4 Å². The molecule has 0 radical (unpaired) electrons. The van der Waals surface area contributed by atoms with Gasteiger partial charge in [0.15, 0.2) is 18.1 Å². The number of carbonyl (C=O) groups is 1. The van der Waals surface area contributed by atoms with E-state index in [9.17, 15) is 9.18 Å². The standard InChI is InChI=1S/C16H12ClFN2O4/c17-13-5-10(6-14-16(13)24-9-23-14)7-19-20-15(21)8-22-12-3-1-11(18)2-4-12/h1-7H,8-9H2,(H,20,21)/b19-7-. The number of amides is 1. The minimum Gasteiger partial charge on any atom is -0.484 e. The molecule has 0 aromatic heterocycles. The Morgan fingerprint density at radius 1 is 1.33 bits per heavy atom. The van der Waals surface area contributed by atoms with Crippen LogP contribution in [0.5, 0.6) is 17.2 Å². The highest BCUT2D eigenvalue weighted by Crippen LogP contribution is 2.39. The van der Waals surface area contributed by atoms with Crippen molar-refractivity contribution in [2.45, 2.75) is 0 Å². The number of rotatable bonds is 5. The zero-order valence-corrected chi connectivity index (χ0v) is 13.0. The SMILES string of the molecule is O=C(COc1ccc(F)cc1)N/N=C\c1cc(Cl)c2c(c1)OCO2. The summed E-state index contributed by atoms with van der Waals surface area (Å²) in [7, 11) is 0. The molecule has 0 fully saturated rings. The molecule has 0 spiro atoms. The van der Waals surface area contributed by atoms with Gasteiger partial charge in [-0.05, 0) is 42.0 Å². The fourth-order valence-electron chi connectivity index (χ4n) is 1.95. The molecule has 1 aliphatic heterocycles. The minimum atomic E-state index is -0.456. The smallest absolute Gasteiger partial charge is 0.277 e. The second kappa shape index (κ2) is 7.18. The number of benzene rings is 2. The maximum Gasteiger partial charge on any atom is 0.277 e. The van der Waals surface area contributed by atoms with E-state index in [0.29, 0.717) is 27.8 Å². The first kappa shape index (κ1) is 16.1. The van der Waals surface area contributed by atoms with Crippen LogP contribution in [-0.2, 0) is 4.79 Å². The molecule has 124 valence electrons. The Bertz CT molecular complexity index is 780. The van der Waals surface area contributed by atoms with Crippen molar-refractivity contribution in [3.8, 4) is 17.2 Å². The Labute approximate surface area is 141 Å². The molecule has 0 bridgehead atoms. The molecular weight excluding hydrogens is 339 g/mol. The lowest BCUT2D eigenvalue weighted by Crippen LogP contribution is -2.24. The van der Waals surface area contributed by atoms with Gasteiger partial charge in [0.2, 0.25) is 6.79 Å². The van der Waals surface area contributed by atoms with Crippen LogP contribution in [0.15, 0.2) is 41.5 Å². The number of hydrogen-bond acceptors (Lipinski definition) is 5. The number of nitrogens with zero attached hydrogens (tertiary/aromatic N) is 1. The normalized spacial score (nSPS) is 12.4. The second-order valence-electron chi connectivity index (χ2n) is 4.77. The molecule has 1 aliphatic rings. The van der Waals surface area contributed by atoms with Crippen LogP contribution in [0.2, 0.25) is 5.02 Å². The van der Waals surface area contributed by atoms with E-state index in [1.54, 1.807) is 12.1 Å². The van der Waals surface area contributed by atoms with Gasteiger partial charge in [0, 0.05) is 0 Å². The van der Waals surface area contributed by atoms with E-state index in [4.69, 9.17) is 25.8 Å². The number of hydrogen-bond donors (Lipinski definition) is 1. The average molecular weight is 351 g/mol. The first-order valence-corrected chi connectivity index (χ1v) is 7.29. The minimum absolute atomic E-state index is 0.118. The van der Waals surface area contributed by atoms with E-state index < -0.39 is 5.91 Å². The Hall–Kier alpha value is -2.80. The van der Waals surface area contributed by atoms with Crippen LogP contribution >= 0.6 is 11.6 Å². The molecule has 0 unspecified atom stereocenters. The van der Waals surface area contributed by atoms with E-state index in [-0.39, 0.29) is 19.2 Å². The first-order chi connectivity index (χ1) is 11.6. The molecule has 6 nitrogen and oxygen atoms in total. The van der Waals surface area contributed by atoms with Crippen LogP contribution in [0.1, 0.15) is 5.56 Å². The van der Waals surface area contributed by atoms with Crippen molar-refractivity contribution in [3.63, 3.8) is 0 Å². The molecule has 0 aliphatic carbocycles. The third-order valence-corrected chi connectivity index (χ3v) is 3.32. The largest absolute Gasteiger partial charge is 0.484 e. The van der Waals surface area contributed by atoms with Gasteiger partial charge >= 0.3 is 0 Å². The molecular formula is C16H12ClFN2O4. The summed E-state index contributed by atoms with van der Waals surface area (Å²) >= 11 is 6.04. The summed E-state index contributed by atoms with van der Waals surface area (Å²) in [6.07, 6.45) is 1.42. The fraction of sp³-hybridized carbons (Fsp3) is 0.125. The highest BCUT2D eigenvalue weighted by atomic mass is 35.5. The van der Waals surface area contributed by atoms with Gasteiger partial charge in [-0.25, -0.2) is 9.82 Å². The summed E-state index contributed by atoms with van der Waals surface area (Å²) in [6, 6.07) is 8.68. The average Bonchev–Trinajstić information content (AvgIpc) is 3.03. The molecule has 2 aromatic carbocycles. The van der Waals surface area contributed by atoms with Gasteiger partial charge in [-0.2, -0.15) is 5.10 Å². The van der Waals surface area contributed by atoms with E-state index in [2.05, 4.69) is 10.5 Å². The van der Waals surface area contributed by atoms with Gasteiger partial charge in [-0.15, -0.1) is 0 Å². The Morgan fingerprint density at radius 2 is 2.12 bits per heavy atom. The number of ether oxygens (including phenoxy) is 3. The van der Waals surface area contributed by atoms with Gasteiger partial charge in [0.25, 0.3) is 5.91 Å². The van der Waals surface area contributed by atoms with Gasteiger partial charge in [-0.1, -0.05) is 11.6 Å². The van der Waals surface area contributed by atoms with Gasteiger partial charge in [0.1, 0.15) is 11.6 Å². The zero-order chi connectivity index (χ0) is 16.9. The van der Waals surface area contributed by atoms with Crippen LogP contribution < -0.4 is 19.6 Å². The molecule has 1 amide bonds. The van der Waals surface area contributed by atoms with E-state index in [0.717, 1.165) is 0 Å². The zero-order valence-electron chi connectivity index (χ0n) is 12.3. The van der Waals surface area contributed by atoms with Crippen LogP contribution in [0.4, 0.5) is 4.39 Å². The first-order valence-electron chi connectivity index (χ1n) is 6.91. The third kappa shape index (κ3) is 3.94. The van der Waals surface area contributed by atoms with Crippen molar-refractivity contribution < 1.29 is 23.4 Å². The van der Waals surface area contributed by atoms with E-state index in [1.165, 1.54) is 30.5 Å². The third-order valence-electron chi connectivity index (χ3n) is 3.04. The molecule has 0 saturated carbocycles. The summed E-state index contributed by atoms with van der Waals surface area (Å²) in [4.78, 5) is 11.6. The molecule has 2 aromatic rings. The summed E-state index contributed by atoms with van der Waals surface area (Å²) in [6.45, 7) is -0.127. The Morgan fingerprint density at radius 3 is 2.92 bits per heavy atom. The number of fused-ring (bicyclic) bond motifs is 1. The van der Waals surface area contributed by atoms with E-state index in [1.807, 2.05) is 0 Å². The maximum atomic E-state index is 12.7. The highest BCUT2D eigenvalue weighted by molar-refractivity contribution is 6.32. The topological polar surface area (TPSA) is 69.2 Å². The molecule has 3 rings (SSSR count). The fourth-order valence-corrected chi connectivity index (χ4v) is 2.23. The quantitative estimate of drug-likeness (QED) is 0.665. The molecule has 1 heterocycles. The van der Waals surface area contributed by atoms with Gasteiger partial charge in [-0.3, -0.25) is 4.79 Å². The lowest BCUT2D eigenvalue weighted by atomic mass is 10.2. The monoisotopic (exact) mass is 350 g/mol. The summed E-state index contributed by atoms with van der Waals surface area (Å²) in [5, 5.41) is 4.22. The van der Waals surface area contributed by atoms with E-state index >= 15 is 0 Å². The van der Waals surface area contributed by atoms with Gasteiger partial charge in [0.05, 0.1) is 11.2 Å². The van der Waals surface area contributed by atoms with Crippen molar-refractivity contribution in [1.82, 2.24) is 5.43 Å². The Balaban J connectivity index is 1.51. The van der Waals surface area contributed by atoms with Crippen molar-refractivity contribution in [3.05, 3.63) is 52.8 Å². The number of hydrazone groups is 1. The summed E-state index contributed by atoms with van der Waals surface area (Å²) < 4.78 is 28.4.